The van der Waals surface area contributed by atoms with Gasteiger partial charge < -0.3 is 0 Å². The van der Waals surface area contributed by atoms with Crippen molar-refractivity contribution in [1.29, 1.82) is 0 Å². The zero-order valence-electron chi connectivity index (χ0n) is 13.4. The maximum atomic E-state index is 11.5. The van der Waals surface area contributed by atoms with Crippen LogP contribution in [0.25, 0.3) is 10.8 Å². The minimum atomic E-state index is 0.867. The molecule has 0 fully saturated rings. The summed E-state index contributed by atoms with van der Waals surface area (Å²) in [4.78, 5) is 11.5. The summed E-state index contributed by atoms with van der Waals surface area (Å²) in [5.74, 6) is 0. The number of carbonyl (C=O) groups excluding carboxylic acids is 1. The molecule has 0 amide bonds. The average Bonchev–Trinajstić information content (AvgIpc) is 2.62. The third-order valence-corrected chi connectivity index (χ3v) is 4.43. The van der Waals surface area contributed by atoms with Crippen LogP contribution in [0.3, 0.4) is 0 Å². The topological polar surface area (TPSA) is 17.1 Å². The van der Waals surface area contributed by atoms with Crippen molar-refractivity contribution in [1.82, 2.24) is 0 Å². The first-order chi connectivity index (χ1) is 11.4. The molecule has 0 aliphatic carbocycles. The van der Waals surface area contributed by atoms with Gasteiger partial charge in [-0.05, 0) is 47.6 Å². The quantitative estimate of drug-likeness (QED) is 0.409. The minimum Gasteiger partial charge on any atom is -0.298 e. The Balaban J connectivity index is 1.58. The van der Waals surface area contributed by atoms with Gasteiger partial charge in [0.25, 0.3) is 0 Å². The van der Waals surface area contributed by atoms with E-state index in [0.29, 0.717) is 0 Å². The van der Waals surface area contributed by atoms with E-state index in [9.17, 15) is 4.79 Å². The smallest absolute Gasteiger partial charge is 0.150 e. The largest absolute Gasteiger partial charge is 0.298 e. The molecule has 1 nitrogen and oxygen atoms in total. The Labute approximate surface area is 138 Å². The predicted molar refractivity (Wildman–Crippen MR) is 97.0 cm³/mol. The SMILES string of the molecule is O=Cc1c(CCCCCc2ccccc2)ccc2ccccc12. The van der Waals surface area contributed by atoms with Crippen LogP contribution in [0.1, 0.15) is 40.7 Å². The van der Waals surface area contributed by atoms with Gasteiger partial charge in [-0.15, -0.1) is 0 Å². The lowest BCUT2D eigenvalue weighted by Crippen LogP contribution is -1.95. The lowest BCUT2D eigenvalue weighted by atomic mass is 9.95. The van der Waals surface area contributed by atoms with Crippen molar-refractivity contribution in [3.8, 4) is 0 Å². The van der Waals surface area contributed by atoms with E-state index in [1.165, 1.54) is 24.0 Å². The molecular formula is C22H22O. The van der Waals surface area contributed by atoms with Gasteiger partial charge in [-0.3, -0.25) is 4.79 Å². The zero-order chi connectivity index (χ0) is 15.9. The lowest BCUT2D eigenvalue weighted by Gasteiger charge is -2.08. The van der Waals surface area contributed by atoms with Crippen LogP contribution in [-0.4, -0.2) is 6.29 Å². The molecule has 0 aliphatic rings. The molecule has 116 valence electrons. The van der Waals surface area contributed by atoms with Gasteiger partial charge in [-0.2, -0.15) is 0 Å². The number of hydrogen-bond acceptors (Lipinski definition) is 1. The van der Waals surface area contributed by atoms with E-state index >= 15 is 0 Å². The predicted octanol–water partition coefficient (Wildman–Crippen LogP) is 5.61. The van der Waals surface area contributed by atoms with Gasteiger partial charge in [-0.25, -0.2) is 0 Å². The Morgan fingerprint density at radius 2 is 1.43 bits per heavy atom. The highest BCUT2D eigenvalue weighted by molar-refractivity contribution is 5.99. The monoisotopic (exact) mass is 302 g/mol. The highest BCUT2D eigenvalue weighted by atomic mass is 16.1. The second-order valence-corrected chi connectivity index (χ2v) is 6.02. The molecule has 0 bridgehead atoms. The molecule has 3 aromatic carbocycles. The number of carbonyl (C=O) groups is 1. The van der Waals surface area contributed by atoms with Crippen LogP contribution in [0.2, 0.25) is 0 Å². The van der Waals surface area contributed by atoms with Crippen molar-refractivity contribution in [3.05, 3.63) is 83.4 Å². The van der Waals surface area contributed by atoms with Gasteiger partial charge in [0.15, 0.2) is 6.29 Å². The van der Waals surface area contributed by atoms with E-state index in [4.69, 9.17) is 0 Å². The van der Waals surface area contributed by atoms with Crippen molar-refractivity contribution in [2.45, 2.75) is 32.1 Å². The number of unbranched alkanes of at least 4 members (excludes halogenated alkanes) is 2. The van der Waals surface area contributed by atoms with Gasteiger partial charge in [0.05, 0.1) is 0 Å². The molecule has 0 aliphatic heterocycles. The van der Waals surface area contributed by atoms with Crippen LogP contribution in [0.5, 0.6) is 0 Å². The Bertz CT molecular complexity index is 774. The average molecular weight is 302 g/mol. The van der Waals surface area contributed by atoms with E-state index in [1.807, 2.05) is 18.2 Å². The third kappa shape index (κ3) is 3.87. The van der Waals surface area contributed by atoms with Gasteiger partial charge in [0, 0.05) is 5.56 Å². The molecule has 3 rings (SSSR count). The number of rotatable bonds is 7. The normalized spacial score (nSPS) is 10.8. The lowest BCUT2D eigenvalue weighted by molar-refractivity contribution is 0.112. The molecule has 0 saturated heterocycles. The van der Waals surface area contributed by atoms with Crippen molar-refractivity contribution in [3.63, 3.8) is 0 Å². The highest BCUT2D eigenvalue weighted by Gasteiger charge is 2.06. The van der Waals surface area contributed by atoms with Crippen molar-refractivity contribution >= 4 is 17.1 Å². The fraction of sp³-hybridized carbons (Fsp3) is 0.227. The summed E-state index contributed by atoms with van der Waals surface area (Å²) in [6.45, 7) is 0. The standard InChI is InChI=1S/C22H22O/c23-17-22-20(16-15-19-13-7-8-14-21(19)22)12-6-2-5-11-18-9-3-1-4-10-18/h1,3-4,7-10,13-17H,2,5-6,11-12H2. The van der Waals surface area contributed by atoms with E-state index in [0.717, 1.165) is 41.9 Å². The first-order valence-electron chi connectivity index (χ1n) is 8.38. The molecule has 0 heterocycles. The fourth-order valence-electron chi connectivity index (χ4n) is 3.16. The van der Waals surface area contributed by atoms with Crippen LogP contribution in [0, 0.1) is 0 Å². The molecule has 0 aromatic heterocycles. The highest BCUT2D eigenvalue weighted by Crippen LogP contribution is 2.22. The summed E-state index contributed by atoms with van der Waals surface area (Å²) >= 11 is 0. The maximum Gasteiger partial charge on any atom is 0.150 e. The number of fused-ring (bicyclic) bond motifs is 1. The Morgan fingerprint density at radius 1 is 0.696 bits per heavy atom. The van der Waals surface area contributed by atoms with Gasteiger partial charge >= 0.3 is 0 Å². The summed E-state index contributed by atoms with van der Waals surface area (Å²) in [7, 11) is 0. The van der Waals surface area contributed by atoms with E-state index in [2.05, 4.69) is 48.5 Å². The summed E-state index contributed by atoms with van der Waals surface area (Å²) < 4.78 is 0. The van der Waals surface area contributed by atoms with Crippen LogP contribution in [-0.2, 0) is 12.8 Å². The second-order valence-electron chi connectivity index (χ2n) is 6.02. The van der Waals surface area contributed by atoms with E-state index < -0.39 is 0 Å². The molecule has 0 radical (unpaired) electrons. The summed E-state index contributed by atoms with van der Waals surface area (Å²) in [5.41, 5.74) is 3.45. The third-order valence-electron chi connectivity index (χ3n) is 4.43. The molecule has 0 unspecified atom stereocenters. The van der Waals surface area contributed by atoms with Crippen LogP contribution in [0.15, 0.2) is 66.7 Å². The Morgan fingerprint density at radius 3 is 2.26 bits per heavy atom. The molecule has 23 heavy (non-hydrogen) atoms. The fourth-order valence-corrected chi connectivity index (χ4v) is 3.16. The number of aryl methyl sites for hydroxylation is 2. The number of hydrogen-bond donors (Lipinski definition) is 0. The van der Waals surface area contributed by atoms with Crippen molar-refractivity contribution in [2.75, 3.05) is 0 Å². The molecule has 0 atom stereocenters. The molecular weight excluding hydrogens is 280 g/mol. The first-order valence-corrected chi connectivity index (χ1v) is 8.38. The molecule has 1 heteroatoms. The molecule has 0 spiro atoms. The molecule has 0 saturated carbocycles. The van der Waals surface area contributed by atoms with E-state index in [-0.39, 0.29) is 0 Å². The summed E-state index contributed by atoms with van der Waals surface area (Å²) in [6.07, 6.45) is 6.66. The molecule has 3 aromatic rings. The van der Waals surface area contributed by atoms with Gasteiger partial charge in [0.1, 0.15) is 0 Å². The van der Waals surface area contributed by atoms with Crippen LogP contribution >= 0.6 is 0 Å². The minimum absolute atomic E-state index is 0.867. The van der Waals surface area contributed by atoms with Crippen LogP contribution in [0.4, 0.5) is 0 Å². The zero-order valence-corrected chi connectivity index (χ0v) is 13.4. The van der Waals surface area contributed by atoms with Crippen molar-refractivity contribution in [2.24, 2.45) is 0 Å². The van der Waals surface area contributed by atoms with E-state index in [1.54, 1.807) is 0 Å². The second kappa shape index (κ2) is 7.73. The van der Waals surface area contributed by atoms with Gasteiger partial charge in [-0.1, -0.05) is 73.2 Å². The maximum absolute atomic E-state index is 11.5. The van der Waals surface area contributed by atoms with Gasteiger partial charge in [0.2, 0.25) is 0 Å². The Hall–Kier alpha value is -2.41. The summed E-state index contributed by atoms with van der Waals surface area (Å²) in [5, 5.41) is 2.21. The number of benzene rings is 3. The van der Waals surface area contributed by atoms with Crippen molar-refractivity contribution < 1.29 is 4.79 Å². The van der Waals surface area contributed by atoms with Crippen LogP contribution < -0.4 is 0 Å². The number of aldehydes is 1. The molecule has 0 N–H and O–H groups in total. The summed E-state index contributed by atoms with van der Waals surface area (Å²) in [6, 6.07) is 23.0. The Kier molecular flexibility index (Phi) is 5.21. The first kappa shape index (κ1) is 15.5.